The van der Waals surface area contributed by atoms with E-state index >= 15 is 0 Å². The topological polar surface area (TPSA) is 63.4 Å². The Kier molecular flexibility index (Phi) is 4.77. The summed E-state index contributed by atoms with van der Waals surface area (Å²) >= 11 is 1.48. The highest BCUT2D eigenvalue weighted by Gasteiger charge is 2.29. The van der Waals surface area contributed by atoms with Crippen molar-refractivity contribution in [3.05, 3.63) is 52.0 Å². The van der Waals surface area contributed by atoms with E-state index in [0.29, 0.717) is 5.56 Å². The molecule has 0 aliphatic rings. The van der Waals surface area contributed by atoms with Gasteiger partial charge in [-0.1, -0.05) is 12.1 Å². The Balaban J connectivity index is 2.44. The summed E-state index contributed by atoms with van der Waals surface area (Å²) < 4.78 is 40.1. The molecule has 0 aliphatic carbocycles. The molecule has 1 aromatic carbocycles. The molecule has 0 radical (unpaired) electrons. The predicted octanol–water partition coefficient (Wildman–Crippen LogP) is 2.73. The first-order valence-corrected chi connectivity index (χ1v) is 8.70. The Morgan fingerprint density at radius 1 is 1.38 bits per heavy atom. The summed E-state index contributed by atoms with van der Waals surface area (Å²) in [5.74, 6) is -0.594. The molecule has 21 heavy (non-hydrogen) atoms. The fraction of sp³-hybridized carbons (Fsp3) is 0.286. The number of halogens is 1. The maximum atomic E-state index is 13.4. The van der Waals surface area contributed by atoms with Crippen LogP contribution in [0.15, 0.2) is 40.6 Å². The van der Waals surface area contributed by atoms with Crippen LogP contribution in [0, 0.1) is 5.82 Å². The van der Waals surface area contributed by atoms with Crippen LogP contribution < -0.4 is 5.73 Å². The molecule has 1 aromatic heterocycles. The minimum Gasteiger partial charge on any atom is -0.326 e. The number of nitrogens with zero attached hydrogens (tertiary/aromatic N) is 1. The fourth-order valence-corrected chi connectivity index (χ4v) is 4.49. The van der Waals surface area contributed by atoms with Gasteiger partial charge in [-0.05, 0) is 36.1 Å². The van der Waals surface area contributed by atoms with Crippen LogP contribution in [0.4, 0.5) is 4.39 Å². The van der Waals surface area contributed by atoms with Crippen LogP contribution in [0.5, 0.6) is 0 Å². The lowest BCUT2D eigenvalue weighted by molar-refractivity contribution is 0.402. The molecule has 2 N–H and O–H groups in total. The van der Waals surface area contributed by atoms with E-state index in [1.54, 1.807) is 6.92 Å². The van der Waals surface area contributed by atoms with Gasteiger partial charge in [0.25, 0.3) is 0 Å². The van der Waals surface area contributed by atoms with Gasteiger partial charge in [0, 0.05) is 18.5 Å². The van der Waals surface area contributed by atoms with Crippen molar-refractivity contribution in [1.29, 1.82) is 0 Å². The minimum atomic E-state index is -3.81. The molecule has 0 fully saturated rings. The van der Waals surface area contributed by atoms with E-state index in [2.05, 4.69) is 0 Å². The van der Waals surface area contributed by atoms with Gasteiger partial charge in [-0.15, -0.1) is 11.3 Å². The Morgan fingerprint density at radius 3 is 2.67 bits per heavy atom. The first-order chi connectivity index (χ1) is 9.87. The fourth-order valence-electron chi connectivity index (χ4n) is 2.01. The Bertz CT molecular complexity index is 715. The van der Waals surface area contributed by atoms with E-state index in [1.165, 1.54) is 34.8 Å². The lowest BCUT2D eigenvalue weighted by Crippen LogP contribution is -2.30. The van der Waals surface area contributed by atoms with Crippen molar-refractivity contribution in [3.63, 3.8) is 0 Å². The van der Waals surface area contributed by atoms with Gasteiger partial charge < -0.3 is 5.73 Å². The Labute approximate surface area is 128 Å². The summed E-state index contributed by atoms with van der Waals surface area (Å²) in [6.45, 7) is 1.83. The van der Waals surface area contributed by atoms with Gasteiger partial charge >= 0.3 is 0 Å². The average Bonchev–Trinajstić information content (AvgIpc) is 2.99. The molecule has 1 unspecified atom stereocenters. The molecule has 2 aromatic rings. The molecular weight excluding hydrogens is 311 g/mol. The summed E-state index contributed by atoms with van der Waals surface area (Å²) in [7, 11) is -2.32. The molecule has 7 heteroatoms. The van der Waals surface area contributed by atoms with Crippen molar-refractivity contribution >= 4 is 21.4 Å². The molecule has 0 saturated carbocycles. The number of rotatable bonds is 5. The molecule has 0 aliphatic heterocycles. The second-order valence-corrected chi connectivity index (χ2v) is 7.61. The third-order valence-electron chi connectivity index (χ3n) is 3.41. The van der Waals surface area contributed by atoms with Crippen molar-refractivity contribution in [2.24, 2.45) is 5.73 Å². The van der Waals surface area contributed by atoms with Crippen molar-refractivity contribution in [1.82, 2.24) is 4.31 Å². The molecule has 0 saturated heterocycles. The molecule has 0 spiro atoms. The molecule has 1 heterocycles. The van der Waals surface area contributed by atoms with Gasteiger partial charge in [0.15, 0.2) is 0 Å². The van der Waals surface area contributed by atoms with Crippen LogP contribution in [0.2, 0.25) is 0 Å². The number of nitrogens with two attached hydrogens (primary N) is 1. The van der Waals surface area contributed by atoms with E-state index < -0.39 is 15.8 Å². The van der Waals surface area contributed by atoms with Gasteiger partial charge in [0.2, 0.25) is 10.0 Å². The SMILES string of the molecule is CC(c1cccs1)N(C)S(=O)(=O)c1cc(F)ccc1CN. The maximum absolute atomic E-state index is 13.4. The van der Waals surface area contributed by atoms with Crippen LogP contribution in [0.1, 0.15) is 23.4 Å². The predicted molar refractivity (Wildman–Crippen MR) is 82.0 cm³/mol. The molecule has 1 atom stereocenters. The quantitative estimate of drug-likeness (QED) is 0.918. The standard InChI is InChI=1S/C14H17FN2O2S2/c1-10(13-4-3-7-20-13)17(2)21(18,19)14-8-12(15)6-5-11(14)9-16/h3-8,10H,9,16H2,1-2H3. The smallest absolute Gasteiger partial charge is 0.243 e. The summed E-state index contributed by atoms with van der Waals surface area (Å²) in [6.07, 6.45) is 0. The van der Waals surface area contributed by atoms with E-state index in [9.17, 15) is 12.8 Å². The van der Waals surface area contributed by atoms with Crippen molar-refractivity contribution < 1.29 is 12.8 Å². The first kappa shape index (κ1) is 16.1. The summed E-state index contributed by atoms with van der Waals surface area (Å²) in [5, 5.41) is 1.89. The lowest BCUT2D eigenvalue weighted by atomic mass is 10.2. The zero-order valence-electron chi connectivity index (χ0n) is 11.8. The summed E-state index contributed by atoms with van der Waals surface area (Å²) in [4.78, 5) is 0.850. The molecule has 0 amide bonds. The number of thiophene rings is 1. The van der Waals surface area contributed by atoms with Gasteiger partial charge in [-0.3, -0.25) is 0 Å². The minimum absolute atomic E-state index is 0.0378. The van der Waals surface area contributed by atoms with Gasteiger partial charge in [0.05, 0.1) is 10.9 Å². The summed E-state index contributed by atoms with van der Waals surface area (Å²) in [5.41, 5.74) is 5.97. The van der Waals surface area contributed by atoms with Crippen molar-refractivity contribution in [2.75, 3.05) is 7.05 Å². The zero-order valence-corrected chi connectivity index (χ0v) is 13.4. The van der Waals surface area contributed by atoms with Crippen LogP contribution in [-0.2, 0) is 16.6 Å². The van der Waals surface area contributed by atoms with Crippen LogP contribution in [0.3, 0.4) is 0 Å². The highest BCUT2D eigenvalue weighted by Crippen LogP contribution is 2.30. The second kappa shape index (κ2) is 6.23. The van der Waals surface area contributed by atoms with Crippen LogP contribution in [0.25, 0.3) is 0 Å². The third-order valence-corrected chi connectivity index (χ3v) is 6.46. The largest absolute Gasteiger partial charge is 0.326 e. The number of benzene rings is 1. The van der Waals surface area contributed by atoms with E-state index in [1.807, 2.05) is 17.5 Å². The van der Waals surface area contributed by atoms with Gasteiger partial charge in [0.1, 0.15) is 5.82 Å². The molecule has 0 bridgehead atoms. The average molecular weight is 328 g/mol. The van der Waals surface area contributed by atoms with Gasteiger partial charge in [-0.25, -0.2) is 12.8 Å². The van der Waals surface area contributed by atoms with E-state index in [4.69, 9.17) is 5.73 Å². The molecular formula is C14H17FN2O2S2. The van der Waals surface area contributed by atoms with Crippen LogP contribution >= 0.6 is 11.3 Å². The highest BCUT2D eigenvalue weighted by molar-refractivity contribution is 7.89. The molecule has 114 valence electrons. The number of sulfonamides is 1. The highest BCUT2D eigenvalue weighted by atomic mass is 32.2. The number of hydrogen-bond donors (Lipinski definition) is 1. The Morgan fingerprint density at radius 2 is 2.10 bits per heavy atom. The van der Waals surface area contributed by atoms with Gasteiger partial charge in [-0.2, -0.15) is 4.31 Å². The van der Waals surface area contributed by atoms with E-state index in [-0.39, 0.29) is 17.5 Å². The number of hydrogen-bond acceptors (Lipinski definition) is 4. The van der Waals surface area contributed by atoms with Crippen molar-refractivity contribution in [3.8, 4) is 0 Å². The molecule has 4 nitrogen and oxygen atoms in total. The Hall–Kier alpha value is -1.28. The normalized spacial score (nSPS) is 13.6. The maximum Gasteiger partial charge on any atom is 0.243 e. The molecule has 2 rings (SSSR count). The summed E-state index contributed by atoms with van der Waals surface area (Å²) in [6, 6.07) is 7.05. The first-order valence-electron chi connectivity index (χ1n) is 6.38. The lowest BCUT2D eigenvalue weighted by Gasteiger charge is -2.24. The van der Waals surface area contributed by atoms with Crippen LogP contribution in [-0.4, -0.2) is 19.8 Å². The zero-order chi connectivity index (χ0) is 15.6. The van der Waals surface area contributed by atoms with E-state index in [0.717, 1.165) is 10.9 Å². The van der Waals surface area contributed by atoms with Crippen molar-refractivity contribution in [2.45, 2.75) is 24.4 Å². The third kappa shape index (κ3) is 3.16. The second-order valence-electron chi connectivity index (χ2n) is 4.67. The monoisotopic (exact) mass is 328 g/mol.